The second-order valence-corrected chi connectivity index (χ2v) is 4.79. The van der Waals surface area contributed by atoms with Gasteiger partial charge in [-0.3, -0.25) is 4.57 Å². The molecular formula is C13H15N3O3. The van der Waals surface area contributed by atoms with Crippen LogP contribution in [-0.2, 0) is 0 Å². The summed E-state index contributed by atoms with van der Waals surface area (Å²) >= 11 is 0. The number of benzene rings is 1. The maximum absolute atomic E-state index is 12.1. The summed E-state index contributed by atoms with van der Waals surface area (Å²) in [5.41, 5.74) is 1.04. The van der Waals surface area contributed by atoms with E-state index in [-0.39, 0.29) is 17.3 Å². The van der Waals surface area contributed by atoms with Crippen molar-refractivity contribution in [3.05, 3.63) is 34.2 Å². The average Bonchev–Trinajstić information content (AvgIpc) is 2.75. The highest BCUT2D eigenvalue weighted by molar-refractivity contribution is 6.01. The van der Waals surface area contributed by atoms with Gasteiger partial charge in [0.25, 0.3) is 0 Å². The minimum absolute atomic E-state index is 0.0583. The van der Waals surface area contributed by atoms with Gasteiger partial charge in [-0.25, -0.2) is 9.59 Å². The van der Waals surface area contributed by atoms with Gasteiger partial charge in [0.1, 0.15) is 0 Å². The van der Waals surface area contributed by atoms with Crippen LogP contribution in [0.15, 0.2) is 23.0 Å². The number of carboxylic acid groups (broad SMARTS) is 1. The van der Waals surface area contributed by atoms with Crippen LogP contribution in [0.2, 0.25) is 0 Å². The Labute approximate surface area is 109 Å². The lowest BCUT2D eigenvalue weighted by molar-refractivity contribution is 0.0698. The summed E-state index contributed by atoms with van der Waals surface area (Å²) in [4.78, 5) is 26.2. The third-order valence-corrected chi connectivity index (χ3v) is 3.64. The predicted molar refractivity (Wildman–Crippen MR) is 70.7 cm³/mol. The first-order chi connectivity index (χ1) is 9.18. The lowest BCUT2D eigenvalue weighted by Gasteiger charge is -2.24. The summed E-state index contributed by atoms with van der Waals surface area (Å²) < 4.78 is 1.61. The number of piperidine rings is 1. The average molecular weight is 261 g/mol. The van der Waals surface area contributed by atoms with Gasteiger partial charge < -0.3 is 15.4 Å². The maximum Gasteiger partial charge on any atom is 0.337 e. The summed E-state index contributed by atoms with van der Waals surface area (Å²) in [5.74, 6) is -1.01. The molecule has 0 aliphatic carbocycles. The topological polar surface area (TPSA) is 87.1 Å². The van der Waals surface area contributed by atoms with Crippen LogP contribution < -0.4 is 11.0 Å². The molecule has 1 aromatic carbocycles. The van der Waals surface area contributed by atoms with Gasteiger partial charge in [-0.05, 0) is 38.1 Å². The van der Waals surface area contributed by atoms with Crippen molar-refractivity contribution in [2.45, 2.75) is 18.9 Å². The minimum Gasteiger partial charge on any atom is -0.478 e. The van der Waals surface area contributed by atoms with E-state index in [0.29, 0.717) is 11.0 Å². The molecule has 1 saturated heterocycles. The molecule has 6 heteroatoms. The molecule has 1 aliphatic heterocycles. The Morgan fingerprint density at radius 1 is 1.32 bits per heavy atom. The fraction of sp³-hybridized carbons (Fsp3) is 0.385. The van der Waals surface area contributed by atoms with E-state index in [4.69, 9.17) is 0 Å². The number of H-pyrrole nitrogens is 1. The molecule has 1 aromatic heterocycles. The molecule has 0 atom stereocenters. The number of imidazole rings is 1. The Morgan fingerprint density at radius 2 is 2.05 bits per heavy atom. The fourth-order valence-corrected chi connectivity index (χ4v) is 2.77. The number of hydrogen-bond donors (Lipinski definition) is 3. The molecule has 6 nitrogen and oxygen atoms in total. The highest BCUT2D eigenvalue weighted by Crippen LogP contribution is 2.24. The number of aromatic nitrogens is 2. The van der Waals surface area contributed by atoms with Gasteiger partial charge in [0.2, 0.25) is 0 Å². The van der Waals surface area contributed by atoms with Crippen LogP contribution in [0.3, 0.4) is 0 Å². The van der Waals surface area contributed by atoms with E-state index in [1.807, 2.05) is 0 Å². The number of nitrogens with one attached hydrogen (secondary N) is 2. The Hall–Kier alpha value is -2.08. The molecule has 3 rings (SSSR count). The quantitative estimate of drug-likeness (QED) is 0.751. The number of rotatable bonds is 2. The number of para-hydroxylation sites is 1. The maximum atomic E-state index is 12.1. The summed E-state index contributed by atoms with van der Waals surface area (Å²) in [7, 11) is 0. The predicted octanol–water partition coefficient (Wildman–Crippen LogP) is 0.952. The van der Waals surface area contributed by atoms with E-state index in [1.54, 1.807) is 16.7 Å². The fourth-order valence-electron chi connectivity index (χ4n) is 2.77. The van der Waals surface area contributed by atoms with Gasteiger partial charge in [-0.2, -0.15) is 0 Å². The van der Waals surface area contributed by atoms with E-state index in [2.05, 4.69) is 10.3 Å². The van der Waals surface area contributed by atoms with E-state index < -0.39 is 5.97 Å². The smallest absolute Gasteiger partial charge is 0.337 e. The minimum atomic E-state index is -1.01. The second-order valence-electron chi connectivity index (χ2n) is 4.79. The molecule has 3 N–H and O–H groups in total. The van der Waals surface area contributed by atoms with Crippen LogP contribution >= 0.6 is 0 Å². The molecule has 2 aromatic rings. The SMILES string of the molecule is O=C(O)c1cccc2[nH]c(=O)n(C3CCNCC3)c12. The summed E-state index contributed by atoms with van der Waals surface area (Å²) in [6.45, 7) is 1.69. The van der Waals surface area contributed by atoms with Crippen molar-refractivity contribution in [3.63, 3.8) is 0 Å². The number of aromatic carboxylic acids is 1. The molecule has 0 spiro atoms. The number of fused-ring (bicyclic) bond motifs is 1. The zero-order valence-corrected chi connectivity index (χ0v) is 10.3. The van der Waals surface area contributed by atoms with Crippen LogP contribution in [0.1, 0.15) is 29.2 Å². The highest BCUT2D eigenvalue weighted by atomic mass is 16.4. The first-order valence-corrected chi connectivity index (χ1v) is 6.35. The first-order valence-electron chi connectivity index (χ1n) is 6.35. The van der Waals surface area contributed by atoms with Gasteiger partial charge in [-0.1, -0.05) is 6.07 Å². The van der Waals surface area contributed by atoms with Crippen LogP contribution in [0.25, 0.3) is 11.0 Å². The van der Waals surface area contributed by atoms with Crippen molar-refractivity contribution in [2.24, 2.45) is 0 Å². The Kier molecular flexibility index (Phi) is 2.87. The van der Waals surface area contributed by atoms with E-state index in [1.165, 1.54) is 6.07 Å². The Bertz CT molecular complexity index is 680. The molecule has 0 bridgehead atoms. The Balaban J connectivity index is 2.25. The first kappa shape index (κ1) is 12.0. The molecule has 2 heterocycles. The summed E-state index contributed by atoms with van der Waals surface area (Å²) in [5, 5.41) is 12.5. The summed E-state index contributed by atoms with van der Waals surface area (Å²) in [6.07, 6.45) is 1.67. The molecule has 19 heavy (non-hydrogen) atoms. The molecule has 0 amide bonds. The van der Waals surface area contributed by atoms with Gasteiger partial charge in [0.05, 0.1) is 16.6 Å². The van der Waals surface area contributed by atoms with Crippen molar-refractivity contribution in [1.82, 2.24) is 14.9 Å². The van der Waals surface area contributed by atoms with Gasteiger partial charge in [0, 0.05) is 6.04 Å². The van der Waals surface area contributed by atoms with Gasteiger partial charge >= 0.3 is 11.7 Å². The molecule has 0 unspecified atom stereocenters. The molecular weight excluding hydrogens is 246 g/mol. The largest absolute Gasteiger partial charge is 0.478 e. The normalized spacial score (nSPS) is 16.8. The van der Waals surface area contributed by atoms with Crippen LogP contribution in [0, 0.1) is 0 Å². The highest BCUT2D eigenvalue weighted by Gasteiger charge is 2.22. The van der Waals surface area contributed by atoms with Gasteiger partial charge in [-0.15, -0.1) is 0 Å². The van der Waals surface area contributed by atoms with Gasteiger partial charge in [0.15, 0.2) is 0 Å². The monoisotopic (exact) mass is 261 g/mol. The number of nitrogens with zero attached hydrogens (tertiary/aromatic N) is 1. The van der Waals surface area contributed by atoms with E-state index in [0.717, 1.165) is 25.9 Å². The van der Waals surface area contributed by atoms with Crippen LogP contribution in [0.4, 0.5) is 0 Å². The lowest BCUT2D eigenvalue weighted by Crippen LogP contribution is -2.33. The molecule has 1 fully saturated rings. The van der Waals surface area contributed by atoms with Crippen molar-refractivity contribution in [3.8, 4) is 0 Å². The third kappa shape index (κ3) is 1.94. The molecule has 1 aliphatic rings. The zero-order chi connectivity index (χ0) is 13.4. The number of aromatic amines is 1. The van der Waals surface area contributed by atoms with Crippen molar-refractivity contribution in [1.29, 1.82) is 0 Å². The number of carbonyl (C=O) groups is 1. The zero-order valence-electron chi connectivity index (χ0n) is 10.3. The standard InChI is InChI=1S/C13H15N3O3/c17-12(18)9-2-1-3-10-11(9)16(13(19)15-10)8-4-6-14-7-5-8/h1-3,8,14H,4-7H2,(H,15,19)(H,17,18). The van der Waals surface area contributed by atoms with Crippen LogP contribution in [0.5, 0.6) is 0 Å². The van der Waals surface area contributed by atoms with E-state index in [9.17, 15) is 14.7 Å². The van der Waals surface area contributed by atoms with E-state index >= 15 is 0 Å². The molecule has 100 valence electrons. The summed E-state index contributed by atoms with van der Waals surface area (Å²) in [6, 6.07) is 4.98. The third-order valence-electron chi connectivity index (χ3n) is 3.64. The molecule has 0 radical (unpaired) electrons. The van der Waals surface area contributed by atoms with Crippen LogP contribution in [-0.4, -0.2) is 33.7 Å². The Morgan fingerprint density at radius 3 is 2.74 bits per heavy atom. The van der Waals surface area contributed by atoms with Crippen molar-refractivity contribution < 1.29 is 9.90 Å². The van der Waals surface area contributed by atoms with Crippen molar-refractivity contribution in [2.75, 3.05) is 13.1 Å². The second kappa shape index (κ2) is 4.55. The lowest BCUT2D eigenvalue weighted by atomic mass is 10.1. The molecule has 0 saturated carbocycles. The number of carboxylic acids is 1. The number of hydrogen-bond acceptors (Lipinski definition) is 3. The van der Waals surface area contributed by atoms with Crippen molar-refractivity contribution >= 4 is 17.0 Å².